The SMILES string of the molecule is CC(=O)O[C@H]1CC[C@]2(C)[C@H]3CC[C@@]4(C)[C@H]5[C@@H](C(C)C)CC[C@]5(C)CC[C@]4(C)C3=CC[C@H]2C1(C)C. The predicted octanol–water partition coefficient (Wildman–Crippen LogP) is 8.60. The lowest BCUT2D eigenvalue weighted by Crippen LogP contribution is -2.62. The van der Waals surface area contributed by atoms with E-state index in [9.17, 15) is 4.79 Å². The zero-order valence-corrected chi connectivity index (χ0v) is 23.7. The Kier molecular flexibility index (Phi) is 5.57. The second-order valence-corrected chi connectivity index (χ2v) is 15.3. The Labute approximate surface area is 210 Å². The molecule has 9 atom stereocenters. The number of ether oxygens (including phenoxy) is 1. The monoisotopic (exact) mass is 468 g/mol. The van der Waals surface area contributed by atoms with E-state index in [-0.39, 0.29) is 17.5 Å². The number of fused-ring (bicyclic) bond motifs is 7. The second-order valence-electron chi connectivity index (χ2n) is 15.3. The molecular weight excluding hydrogens is 416 g/mol. The van der Waals surface area contributed by atoms with E-state index in [0.717, 1.165) is 30.6 Å². The van der Waals surface area contributed by atoms with E-state index >= 15 is 0 Å². The minimum Gasteiger partial charge on any atom is -0.462 e. The highest BCUT2D eigenvalue weighted by molar-refractivity contribution is 5.66. The molecule has 5 rings (SSSR count). The summed E-state index contributed by atoms with van der Waals surface area (Å²) in [5, 5.41) is 0. The van der Waals surface area contributed by atoms with Crippen LogP contribution in [0, 0.1) is 56.7 Å². The van der Waals surface area contributed by atoms with Gasteiger partial charge >= 0.3 is 5.97 Å². The van der Waals surface area contributed by atoms with Crippen molar-refractivity contribution in [2.24, 2.45) is 56.7 Å². The molecule has 2 nitrogen and oxygen atoms in total. The van der Waals surface area contributed by atoms with E-state index < -0.39 is 0 Å². The topological polar surface area (TPSA) is 26.3 Å². The molecule has 0 unspecified atom stereocenters. The maximum absolute atomic E-state index is 11.9. The van der Waals surface area contributed by atoms with Crippen molar-refractivity contribution in [1.29, 1.82) is 0 Å². The van der Waals surface area contributed by atoms with Gasteiger partial charge in [0, 0.05) is 12.3 Å². The molecule has 0 saturated heterocycles. The van der Waals surface area contributed by atoms with Gasteiger partial charge in [0.1, 0.15) is 6.10 Å². The molecule has 4 fully saturated rings. The first-order chi connectivity index (χ1) is 15.7. The van der Waals surface area contributed by atoms with Crippen molar-refractivity contribution in [3.05, 3.63) is 11.6 Å². The molecule has 0 aromatic rings. The van der Waals surface area contributed by atoms with Crippen LogP contribution in [0.4, 0.5) is 0 Å². The molecule has 0 bridgehead atoms. The number of carbonyl (C=O) groups excluding carboxylic acids is 1. The maximum atomic E-state index is 11.9. The third-order valence-corrected chi connectivity index (χ3v) is 13.3. The van der Waals surface area contributed by atoms with Gasteiger partial charge < -0.3 is 4.74 Å². The molecule has 34 heavy (non-hydrogen) atoms. The van der Waals surface area contributed by atoms with Gasteiger partial charge in [0.2, 0.25) is 0 Å². The third kappa shape index (κ3) is 3.08. The lowest BCUT2D eigenvalue weighted by Gasteiger charge is -2.69. The zero-order valence-electron chi connectivity index (χ0n) is 23.7. The molecular formula is C32H52O2. The van der Waals surface area contributed by atoms with Gasteiger partial charge in [0.05, 0.1) is 0 Å². The van der Waals surface area contributed by atoms with Crippen LogP contribution in [0.15, 0.2) is 11.6 Å². The molecule has 5 aliphatic rings. The van der Waals surface area contributed by atoms with Crippen molar-refractivity contribution >= 4 is 5.97 Å². The van der Waals surface area contributed by atoms with Crippen LogP contribution in [0.3, 0.4) is 0 Å². The average molecular weight is 469 g/mol. The van der Waals surface area contributed by atoms with Crippen LogP contribution >= 0.6 is 0 Å². The minimum absolute atomic E-state index is 0.0294. The fraction of sp³-hybridized carbons (Fsp3) is 0.906. The van der Waals surface area contributed by atoms with E-state index in [0.29, 0.717) is 33.5 Å². The summed E-state index contributed by atoms with van der Waals surface area (Å²) in [4.78, 5) is 11.9. The average Bonchev–Trinajstić information content (AvgIpc) is 3.10. The number of allylic oxidation sites excluding steroid dienone is 2. The van der Waals surface area contributed by atoms with E-state index in [1.54, 1.807) is 6.92 Å². The standard InChI is InChI=1S/C32H52O2/c1-20(2)22-12-15-29(6)18-19-31(8)24-10-11-25-28(4,5)26(34-21(3)33)14-16-30(25,7)23(24)13-17-32(31,9)27(22)29/h10,20,22-23,25-27H,11-19H2,1-9H3/t22-,23+,25+,26+,27+,29-,30-,31-,32+/m1/s1. The lowest BCUT2D eigenvalue weighted by molar-refractivity contribution is -0.181. The van der Waals surface area contributed by atoms with Crippen molar-refractivity contribution < 1.29 is 9.53 Å². The van der Waals surface area contributed by atoms with Gasteiger partial charge in [-0.15, -0.1) is 0 Å². The first kappa shape index (κ1) is 24.9. The Morgan fingerprint density at radius 1 is 0.941 bits per heavy atom. The Bertz CT molecular complexity index is 883. The first-order valence-electron chi connectivity index (χ1n) is 14.6. The van der Waals surface area contributed by atoms with Crippen molar-refractivity contribution in [2.45, 2.75) is 126 Å². The summed E-state index contributed by atoms with van der Waals surface area (Å²) in [6.07, 6.45) is 14.6. The molecule has 0 amide bonds. The fourth-order valence-corrected chi connectivity index (χ4v) is 11.4. The molecule has 0 aliphatic heterocycles. The van der Waals surface area contributed by atoms with Crippen molar-refractivity contribution in [3.63, 3.8) is 0 Å². The van der Waals surface area contributed by atoms with Gasteiger partial charge in [0.25, 0.3) is 0 Å². The normalized spacial score (nSPS) is 51.6. The lowest BCUT2D eigenvalue weighted by atomic mass is 9.35. The zero-order chi connectivity index (χ0) is 24.9. The molecule has 192 valence electrons. The molecule has 2 heteroatoms. The third-order valence-electron chi connectivity index (χ3n) is 13.3. The Morgan fingerprint density at radius 2 is 1.65 bits per heavy atom. The number of rotatable bonds is 2. The quantitative estimate of drug-likeness (QED) is 0.299. The molecule has 0 aromatic heterocycles. The minimum atomic E-state index is -0.115. The molecule has 0 spiro atoms. The van der Waals surface area contributed by atoms with Gasteiger partial charge in [0.15, 0.2) is 0 Å². The maximum Gasteiger partial charge on any atom is 0.302 e. The first-order valence-corrected chi connectivity index (χ1v) is 14.6. The summed E-state index contributed by atoms with van der Waals surface area (Å²) >= 11 is 0. The summed E-state index contributed by atoms with van der Waals surface area (Å²) in [7, 11) is 0. The smallest absolute Gasteiger partial charge is 0.302 e. The van der Waals surface area contributed by atoms with Crippen LogP contribution in [0.25, 0.3) is 0 Å². The highest BCUT2D eigenvalue weighted by Gasteiger charge is 2.68. The van der Waals surface area contributed by atoms with Crippen LogP contribution < -0.4 is 0 Å². The largest absolute Gasteiger partial charge is 0.462 e. The van der Waals surface area contributed by atoms with Crippen LogP contribution in [-0.2, 0) is 9.53 Å². The number of hydrogen-bond acceptors (Lipinski definition) is 2. The number of hydrogen-bond donors (Lipinski definition) is 0. The molecule has 0 radical (unpaired) electrons. The van der Waals surface area contributed by atoms with Gasteiger partial charge in [-0.05, 0) is 109 Å². The van der Waals surface area contributed by atoms with Crippen LogP contribution in [0.2, 0.25) is 0 Å². The van der Waals surface area contributed by atoms with Crippen LogP contribution in [0.1, 0.15) is 120 Å². The summed E-state index contributed by atoms with van der Waals surface area (Å²) in [6, 6.07) is 0. The van der Waals surface area contributed by atoms with Crippen LogP contribution in [-0.4, -0.2) is 12.1 Å². The number of carbonyl (C=O) groups is 1. The predicted molar refractivity (Wildman–Crippen MR) is 140 cm³/mol. The van der Waals surface area contributed by atoms with Gasteiger partial charge in [-0.1, -0.05) is 67.0 Å². The number of esters is 1. The Balaban J connectivity index is 1.54. The summed E-state index contributed by atoms with van der Waals surface area (Å²) in [5.74, 6) is 3.72. The molecule has 5 aliphatic carbocycles. The van der Waals surface area contributed by atoms with E-state index in [1.807, 2.05) is 5.57 Å². The van der Waals surface area contributed by atoms with Crippen molar-refractivity contribution in [1.82, 2.24) is 0 Å². The molecule has 0 N–H and O–H groups in total. The summed E-state index contributed by atoms with van der Waals surface area (Å²) < 4.78 is 5.89. The van der Waals surface area contributed by atoms with Gasteiger partial charge in [-0.3, -0.25) is 4.79 Å². The van der Waals surface area contributed by atoms with E-state index in [1.165, 1.54) is 44.9 Å². The Morgan fingerprint density at radius 3 is 2.29 bits per heavy atom. The molecule has 0 heterocycles. The van der Waals surface area contributed by atoms with Gasteiger partial charge in [-0.25, -0.2) is 0 Å². The molecule has 0 aromatic carbocycles. The second kappa shape index (κ2) is 7.61. The van der Waals surface area contributed by atoms with Crippen molar-refractivity contribution in [2.75, 3.05) is 0 Å². The van der Waals surface area contributed by atoms with E-state index in [4.69, 9.17) is 4.74 Å². The highest BCUT2D eigenvalue weighted by Crippen LogP contribution is 2.76. The summed E-state index contributed by atoms with van der Waals surface area (Å²) in [5.41, 5.74) is 3.49. The Hall–Kier alpha value is -0.790. The molecule has 4 saturated carbocycles. The van der Waals surface area contributed by atoms with E-state index in [2.05, 4.69) is 61.5 Å². The highest BCUT2D eigenvalue weighted by atomic mass is 16.5. The summed E-state index contributed by atoms with van der Waals surface area (Å²) in [6.45, 7) is 22.0. The van der Waals surface area contributed by atoms with Crippen molar-refractivity contribution in [3.8, 4) is 0 Å². The van der Waals surface area contributed by atoms with Gasteiger partial charge in [-0.2, -0.15) is 0 Å². The van der Waals surface area contributed by atoms with Crippen LogP contribution in [0.5, 0.6) is 0 Å². The fourth-order valence-electron chi connectivity index (χ4n) is 11.4.